The molecule has 0 aliphatic carbocycles. The molecule has 7 nitrogen and oxygen atoms in total. The second-order valence-electron chi connectivity index (χ2n) is 9.11. The van der Waals surface area contributed by atoms with Gasteiger partial charge in [0.15, 0.2) is 11.5 Å². The maximum absolute atomic E-state index is 11.7. The van der Waals surface area contributed by atoms with Crippen LogP contribution in [0.25, 0.3) is 6.08 Å². The number of ether oxygens (including phenoxy) is 2. The molecule has 0 saturated heterocycles. The molecule has 0 fully saturated rings. The van der Waals surface area contributed by atoms with Crippen molar-refractivity contribution in [1.82, 2.24) is 0 Å². The molecule has 0 heterocycles. The molecule has 1 aromatic carbocycles. The van der Waals surface area contributed by atoms with E-state index in [-0.39, 0.29) is 0 Å². The lowest BCUT2D eigenvalue weighted by Crippen LogP contribution is -2.45. The third-order valence-corrected chi connectivity index (χ3v) is 9.45. The summed E-state index contributed by atoms with van der Waals surface area (Å²) in [7, 11) is 0.670. The molecule has 1 N–H and O–H groups in total. The molecule has 0 amide bonds. The van der Waals surface area contributed by atoms with E-state index in [1.165, 1.54) is 38.5 Å². The Hall–Kier alpha value is -1.87. The summed E-state index contributed by atoms with van der Waals surface area (Å²) in [4.78, 5) is 11.7. The Balaban J connectivity index is 2.22. The second-order valence-corrected chi connectivity index (χ2v) is 11.8. The van der Waals surface area contributed by atoms with Crippen molar-refractivity contribution in [3.05, 3.63) is 29.3 Å². The van der Waals surface area contributed by atoms with Gasteiger partial charge in [0.2, 0.25) is 0 Å². The van der Waals surface area contributed by atoms with E-state index in [0.29, 0.717) is 43.3 Å². The number of unbranched alkanes of at least 4 members (excludes halogenated alkanes) is 9. The highest BCUT2D eigenvalue weighted by atomic mass is 28.4. The normalized spacial score (nSPS) is 12.1. The highest BCUT2D eigenvalue weighted by Gasteiger charge is 2.39. The van der Waals surface area contributed by atoms with Crippen molar-refractivity contribution in [2.24, 2.45) is 0 Å². The summed E-state index contributed by atoms with van der Waals surface area (Å²) < 4.78 is 28.3. The maximum atomic E-state index is 11.7. The van der Waals surface area contributed by atoms with Gasteiger partial charge in [0, 0.05) is 31.4 Å². The molecule has 0 bridgehead atoms. The first kappa shape index (κ1) is 33.2. The van der Waals surface area contributed by atoms with Crippen molar-refractivity contribution in [2.45, 2.75) is 97.4 Å². The molecule has 212 valence electrons. The minimum atomic E-state index is -2.49. The van der Waals surface area contributed by atoms with Gasteiger partial charge >= 0.3 is 14.8 Å². The Kier molecular flexibility index (Phi) is 18.0. The van der Waals surface area contributed by atoms with Gasteiger partial charge in [-0.05, 0) is 63.8 Å². The Morgan fingerprint density at radius 3 is 1.70 bits per heavy atom. The zero-order chi connectivity index (χ0) is 27.4. The summed E-state index contributed by atoms with van der Waals surface area (Å²) in [5.41, 5.74) is 1.23. The summed E-state index contributed by atoms with van der Waals surface area (Å²) in [6.45, 7) is 7.92. The molecule has 1 rings (SSSR count). The van der Waals surface area contributed by atoms with Crippen molar-refractivity contribution in [3.63, 3.8) is 0 Å². The largest absolute Gasteiger partial charge is 0.500 e. The average Bonchev–Trinajstić information content (AvgIpc) is 2.88. The number of hydrogen-bond donors (Lipinski definition) is 1. The average molecular weight is 539 g/mol. The Bertz CT molecular complexity index is 764. The van der Waals surface area contributed by atoms with Crippen LogP contribution in [0.15, 0.2) is 23.8 Å². The lowest BCUT2D eigenvalue weighted by molar-refractivity contribution is -0.132. The molecule has 0 saturated carbocycles. The topological polar surface area (TPSA) is 83.5 Å². The number of methoxy groups -OCH3 is 2. The number of carboxylic acids is 1. The Labute approximate surface area is 225 Å². The number of carboxylic acid groups (broad SMARTS) is 1. The third kappa shape index (κ3) is 13.5. The second kappa shape index (κ2) is 20.1. The number of hydrogen-bond acceptors (Lipinski definition) is 6. The standard InChI is InChI=1S/C29H50O7Si/c1-6-34-37(35-7-2,36-8-3)22-18-16-14-12-10-9-11-13-15-17-19-26(29(30)31)23-25-20-21-27(32-4)28(24-25)33-5/h20-21,23-24H,6-19,22H2,1-5H3,(H,30,31)/b26-23+. The summed E-state index contributed by atoms with van der Waals surface area (Å²) in [6.07, 6.45) is 13.8. The molecular formula is C29H50O7Si. The van der Waals surface area contributed by atoms with E-state index in [1.54, 1.807) is 32.4 Å². The fourth-order valence-electron chi connectivity index (χ4n) is 4.46. The quantitative estimate of drug-likeness (QED) is 0.0876. The van der Waals surface area contributed by atoms with Crippen LogP contribution < -0.4 is 9.47 Å². The SMILES string of the molecule is CCO[Si](CCCCCCCCCCCC/C(=C\c1ccc(OC)c(OC)c1)C(=O)O)(OCC)OCC. The molecule has 0 atom stereocenters. The van der Waals surface area contributed by atoms with Crippen LogP contribution in [0.2, 0.25) is 6.04 Å². The first-order valence-corrected chi connectivity index (χ1v) is 16.0. The zero-order valence-corrected chi connectivity index (χ0v) is 24.8. The van der Waals surface area contributed by atoms with Gasteiger partial charge in [0.05, 0.1) is 14.2 Å². The fourth-order valence-corrected chi connectivity index (χ4v) is 7.14. The molecule has 0 aromatic heterocycles. The predicted octanol–water partition coefficient (Wildman–Crippen LogP) is 7.51. The van der Waals surface area contributed by atoms with Gasteiger partial charge in [-0.3, -0.25) is 0 Å². The minimum Gasteiger partial charge on any atom is -0.493 e. The highest BCUT2D eigenvalue weighted by Crippen LogP contribution is 2.29. The number of carbonyl (C=O) groups is 1. The van der Waals surface area contributed by atoms with E-state index < -0.39 is 14.8 Å². The number of benzene rings is 1. The molecule has 1 aromatic rings. The van der Waals surface area contributed by atoms with Gasteiger partial charge in [-0.15, -0.1) is 0 Å². The first-order valence-electron chi connectivity index (χ1n) is 14.0. The van der Waals surface area contributed by atoms with E-state index >= 15 is 0 Å². The molecule has 0 aliphatic heterocycles. The van der Waals surface area contributed by atoms with Crippen LogP contribution in [0.5, 0.6) is 11.5 Å². The van der Waals surface area contributed by atoms with Gasteiger partial charge in [-0.2, -0.15) is 0 Å². The monoisotopic (exact) mass is 538 g/mol. The summed E-state index contributed by atoms with van der Waals surface area (Å²) in [6, 6.07) is 6.35. The van der Waals surface area contributed by atoms with E-state index in [0.717, 1.165) is 37.3 Å². The van der Waals surface area contributed by atoms with Crippen molar-refractivity contribution in [1.29, 1.82) is 0 Å². The van der Waals surface area contributed by atoms with E-state index in [4.69, 9.17) is 22.8 Å². The number of rotatable bonds is 23. The lowest BCUT2D eigenvalue weighted by atomic mass is 10.0. The molecule has 0 unspecified atom stereocenters. The Morgan fingerprint density at radius 1 is 0.757 bits per heavy atom. The highest BCUT2D eigenvalue weighted by molar-refractivity contribution is 6.60. The summed E-state index contributed by atoms with van der Waals surface area (Å²) in [5, 5.41) is 9.60. The van der Waals surface area contributed by atoms with Gasteiger partial charge in [-0.25, -0.2) is 4.79 Å². The van der Waals surface area contributed by atoms with Gasteiger partial charge in [0.25, 0.3) is 0 Å². The predicted molar refractivity (Wildman–Crippen MR) is 151 cm³/mol. The van der Waals surface area contributed by atoms with Crippen molar-refractivity contribution < 1.29 is 32.7 Å². The van der Waals surface area contributed by atoms with E-state index in [2.05, 4.69) is 0 Å². The smallest absolute Gasteiger partial charge is 0.493 e. The molecule has 8 heteroatoms. The van der Waals surface area contributed by atoms with Crippen molar-refractivity contribution >= 4 is 20.8 Å². The van der Waals surface area contributed by atoms with Crippen LogP contribution in [-0.4, -0.2) is 53.9 Å². The van der Waals surface area contributed by atoms with Crippen LogP contribution in [0.3, 0.4) is 0 Å². The van der Waals surface area contributed by atoms with E-state index in [1.807, 2.05) is 26.8 Å². The lowest BCUT2D eigenvalue weighted by Gasteiger charge is -2.28. The maximum Gasteiger partial charge on any atom is 0.500 e. The summed E-state index contributed by atoms with van der Waals surface area (Å²) in [5.74, 6) is 0.362. The molecule has 0 radical (unpaired) electrons. The van der Waals surface area contributed by atoms with Crippen LogP contribution in [0, 0.1) is 0 Å². The van der Waals surface area contributed by atoms with Crippen LogP contribution >= 0.6 is 0 Å². The third-order valence-electron chi connectivity index (χ3n) is 6.30. The zero-order valence-electron chi connectivity index (χ0n) is 23.8. The van der Waals surface area contributed by atoms with Crippen LogP contribution in [0.1, 0.15) is 97.0 Å². The Morgan fingerprint density at radius 2 is 1.24 bits per heavy atom. The first-order chi connectivity index (χ1) is 17.9. The number of aliphatic carboxylic acids is 1. The molecule has 0 spiro atoms. The van der Waals surface area contributed by atoms with Gasteiger partial charge in [-0.1, -0.05) is 57.4 Å². The molecular weight excluding hydrogens is 488 g/mol. The summed E-state index contributed by atoms with van der Waals surface area (Å²) >= 11 is 0. The van der Waals surface area contributed by atoms with Crippen molar-refractivity contribution in [3.8, 4) is 11.5 Å². The molecule has 37 heavy (non-hydrogen) atoms. The van der Waals surface area contributed by atoms with Crippen LogP contribution in [0.4, 0.5) is 0 Å². The fraction of sp³-hybridized carbons (Fsp3) is 0.690. The van der Waals surface area contributed by atoms with Crippen LogP contribution in [-0.2, 0) is 18.1 Å². The minimum absolute atomic E-state index is 0.428. The van der Waals surface area contributed by atoms with Crippen molar-refractivity contribution in [2.75, 3.05) is 34.0 Å². The van der Waals surface area contributed by atoms with E-state index in [9.17, 15) is 9.90 Å². The molecule has 0 aliphatic rings. The van der Waals surface area contributed by atoms with Gasteiger partial charge in [0.1, 0.15) is 0 Å². The van der Waals surface area contributed by atoms with Gasteiger partial charge < -0.3 is 27.9 Å².